The van der Waals surface area contributed by atoms with E-state index in [1.807, 2.05) is 6.92 Å². The van der Waals surface area contributed by atoms with Crippen LogP contribution in [0.2, 0.25) is 0 Å². The number of halogens is 1. The van der Waals surface area contributed by atoms with Crippen LogP contribution in [0.3, 0.4) is 0 Å². The molecule has 56 valence electrons. The van der Waals surface area contributed by atoms with Crippen molar-refractivity contribution in [2.75, 3.05) is 5.88 Å². The van der Waals surface area contributed by atoms with Crippen molar-refractivity contribution in [3.05, 3.63) is 17.8 Å². The first kappa shape index (κ1) is 7.61. The summed E-state index contributed by atoms with van der Waals surface area (Å²) in [5, 5.41) is 0. The van der Waals surface area contributed by atoms with Crippen LogP contribution in [0.1, 0.15) is 18.6 Å². The quantitative estimate of drug-likeness (QED) is 0.631. The van der Waals surface area contributed by atoms with Crippen LogP contribution < -0.4 is 0 Å². The summed E-state index contributed by atoms with van der Waals surface area (Å²) in [7, 11) is 0. The van der Waals surface area contributed by atoms with Gasteiger partial charge >= 0.3 is 0 Å². The fourth-order valence-electron chi connectivity index (χ4n) is 0.708. The second-order valence-electron chi connectivity index (χ2n) is 2.01. The summed E-state index contributed by atoms with van der Waals surface area (Å²) < 4.78 is 5.28. The van der Waals surface area contributed by atoms with Crippen LogP contribution in [0.25, 0.3) is 0 Å². The van der Waals surface area contributed by atoms with Gasteiger partial charge < -0.3 is 4.42 Å². The van der Waals surface area contributed by atoms with Gasteiger partial charge in [0.15, 0.2) is 5.89 Å². The molecule has 0 unspecified atom stereocenters. The molecule has 1 aromatic rings. The Kier molecular flexibility index (Phi) is 2.75. The Labute approximate surface area is 65.2 Å². The maximum absolute atomic E-state index is 5.49. The molecule has 0 fully saturated rings. The Morgan fingerprint density at radius 2 is 2.50 bits per heavy atom. The number of oxazole rings is 1. The summed E-state index contributed by atoms with van der Waals surface area (Å²) in [5.41, 5.74) is 0. The fraction of sp³-hybridized carbons (Fsp3) is 0.571. The number of hydrogen-bond donors (Lipinski definition) is 0. The van der Waals surface area contributed by atoms with Gasteiger partial charge in [0.25, 0.3) is 0 Å². The first-order valence-electron chi connectivity index (χ1n) is 3.36. The highest BCUT2D eigenvalue weighted by Gasteiger charge is 1.99. The highest BCUT2D eigenvalue weighted by molar-refractivity contribution is 6.17. The maximum Gasteiger partial charge on any atom is 0.195 e. The highest BCUT2D eigenvalue weighted by atomic mass is 35.5. The van der Waals surface area contributed by atoms with E-state index in [0.717, 1.165) is 24.5 Å². The average molecular weight is 160 g/mol. The van der Waals surface area contributed by atoms with Crippen LogP contribution in [0.4, 0.5) is 0 Å². The van der Waals surface area contributed by atoms with Crippen molar-refractivity contribution in [1.29, 1.82) is 0 Å². The molecule has 1 aromatic heterocycles. The van der Waals surface area contributed by atoms with Gasteiger partial charge in [0.1, 0.15) is 5.76 Å². The topological polar surface area (TPSA) is 26.0 Å². The number of nitrogens with zero attached hydrogens (tertiary/aromatic N) is 1. The van der Waals surface area contributed by atoms with Crippen molar-refractivity contribution in [2.24, 2.45) is 0 Å². The normalized spacial score (nSPS) is 10.2. The summed E-state index contributed by atoms with van der Waals surface area (Å²) in [6.07, 6.45) is 3.37. The molecule has 2 nitrogen and oxygen atoms in total. The lowest BCUT2D eigenvalue weighted by Gasteiger charge is -1.86. The second kappa shape index (κ2) is 3.62. The third-order valence-corrected chi connectivity index (χ3v) is 1.45. The van der Waals surface area contributed by atoms with E-state index in [2.05, 4.69) is 4.98 Å². The molecule has 0 aliphatic rings. The predicted octanol–water partition coefficient (Wildman–Crippen LogP) is 2.02. The Morgan fingerprint density at radius 3 is 3.00 bits per heavy atom. The largest absolute Gasteiger partial charge is 0.446 e. The molecule has 0 bridgehead atoms. The summed E-state index contributed by atoms with van der Waals surface area (Å²) in [5.74, 6) is 2.25. The summed E-state index contributed by atoms with van der Waals surface area (Å²) >= 11 is 5.49. The van der Waals surface area contributed by atoms with Crippen molar-refractivity contribution in [1.82, 2.24) is 4.98 Å². The van der Waals surface area contributed by atoms with Gasteiger partial charge in [-0.05, 0) is 0 Å². The molecule has 0 aliphatic carbocycles. The Morgan fingerprint density at radius 1 is 1.70 bits per heavy atom. The number of alkyl halides is 1. The number of aromatic nitrogens is 1. The minimum Gasteiger partial charge on any atom is -0.446 e. The third kappa shape index (κ3) is 1.74. The van der Waals surface area contributed by atoms with Gasteiger partial charge in [0.2, 0.25) is 0 Å². The third-order valence-electron chi connectivity index (χ3n) is 1.26. The van der Waals surface area contributed by atoms with Gasteiger partial charge in [-0.2, -0.15) is 0 Å². The molecule has 0 spiro atoms. The summed E-state index contributed by atoms with van der Waals surface area (Å²) in [6, 6.07) is 0. The van der Waals surface area contributed by atoms with E-state index >= 15 is 0 Å². The minimum absolute atomic E-state index is 0.573. The number of aryl methyl sites for hydroxylation is 2. The molecule has 0 aromatic carbocycles. The summed E-state index contributed by atoms with van der Waals surface area (Å²) in [4.78, 5) is 4.03. The number of hydrogen-bond acceptors (Lipinski definition) is 2. The van der Waals surface area contributed by atoms with Crippen molar-refractivity contribution in [3.8, 4) is 0 Å². The van der Waals surface area contributed by atoms with Crippen LogP contribution in [0, 0.1) is 0 Å². The Hall–Kier alpha value is -0.500. The van der Waals surface area contributed by atoms with E-state index in [0.29, 0.717) is 5.88 Å². The molecule has 0 amide bonds. The molecule has 1 heterocycles. The van der Waals surface area contributed by atoms with E-state index in [1.54, 1.807) is 6.20 Å². The van der Waals surface area contributed by atoms with E-state index in [4.69, 9.17) is 16.0 Å². The average Bonchev–Trinajstić information content (AvgIpc) is 2.37. The van der Waals surface area contributed by atoms with Crippen LogP contribution in [-0.2, 0) is 12.8 Å². The smallest absolute Gasteiger partial charge is 0.195 e. The van der Waals surface area contributed by atoms with Crippen LogP contribution >= 0.6 is 11.6 Å². The van der Waals surface area contributed by atoms with Gasteiger partial charge in [-0.1, -0.05) is 6.92 Å². The molecule has 3 heteroatoms. The van der Waals surface area contributed by atoms with Gasteiger partial charge in [0, 0.05) is 18.7 Å². The zero-order chi connectivity index (χ0) is 7.40. The van der Waals surface area contributed by atoms with E-state index in [1.165, 1.54) is 0 Å². The van der Waals surface area contributed by atoms with E-state index in [9.17, 15) is 0 Å². The second-order valence-corrected chi connectivity index (χ2v) is 2.39. The zero-order valence-electron chi connectivity index (χ0n) is 5.93. The van der Waals surface area contributed by atoms with Crippen LogP contribution in [-0.4, -0.2) is 10.9 Å². The lowest BCUT2D eigenvalue weighted by atomic mass is 10.4. The molecular weight excluding hydrogens is 150 g/mol. The van der Waals surface area contributed by atoms with Gasteiger partial charge in [0.05, 0.1) is 6.20 Å². The van der Waals surface area contributed by atoms with E-state index < -0.39 is 0 Å². The maximum atomic E-state index is 5.49. The van der Waals surface area contributed by atoms with Crippen molar-refractivity contribution in [2.45, 2.75) is 19.8 Å². The first-order chi connectivity index (χ1) is 4.86. The van der Waals surface area contributed by atoms with Crippen molar-refractivity contribution < 1.29 is 4.42 Å². The molecule has 1 rings (SSSR count). The van der Waals surface area contributed by atoms with Crippen molar-refractivity contribution >= 4 is 11.6 Å². The van der Waals surface area contributed by atoms with E-state index in [-0.39, 0.29) is 0 Å². The molecule has 10 heavy (non-hydrogen) atoms. The highest BCUT2D eigenvalue weighted by Crippen LogP contribution is 2.04. The molecule has 0 N–H and O–H groups in total. The SMILES string of the molecule is CCc1cnc(CCCl)o1. The Balaban J connectivity index is 2.59. The monoisotopic (exact) mass is 159 g/mol. The standard InChI is InChI=1S/C7H10ClNO/c1-2-6-5-9-7(10-6)3-4-8/h5H,2-4H2,1H3. The molecule has 0 aliphatic heterocycles. The molecular formula is C7H10ClNO. The zero-order valence-corrected chi connectivity index (χ0v) is 6.69. The van der Waals surface area contributed by atoms with Crippen molar-refractivity contribution in [3.63, 3.8) is 0 Å². The van der Waals surface area contributed by atoms with Crippen LogP contribution in [0.15, 0.2) is 10.6 Å². The van der Waals surface area contributed by atoms with Gasteiger partial charge in [-0.25, -0.2) is 4.98 Å². The molecule has 0 saturated heterocycles. The lowest BCUT2D eigenvalue weighted by molar-refractivity contribution is 0.465. The number of rotatable bonds is 3. The van der Waals surface area contributed by atoms with Crippen LogP contribution in [0.5, 0.6) is 0 Å². The van der Waals surface area contributed by atoms with Gasteiger partial charge in [-0.15, -0.1) is 11.6 Å². The first-order valence-corrected chi connectivity index (χ1v) is 3.89. The Bertz CT molecular complexity index is 197. The molecule has 0 saturated carbocycles. The minimum atomic E-state index is 0.573. The summed E-state index contributed by atoms with van der Waals surface area (Å²) in [6.45, 7) is 2.03. The molecule has 0 radical (unpaired) electrons. The molecule has 0 atom stereocenters. The van der Waals surface area contributed by atoms with Gasteiger partial charge in [-0.3, -0.25) is 0 Å². The predicted molar refractivity (Wildman–Crippen MR) is 40.3 cm³/mol. The lowest BCUT2D eigenvalue weighted by Crippen LogP contribution is -1.83. The fourth-order valence-corrected chi connectivity index (χ4v) is 0.870.